The summed E-state index contributed by atoms with van der Waals surface area (Å²) in [5.74, 6) is 1.34. The number of β-amino-alcohol motifs (C(OH)–C–C–N with tert-alkyl or cyclic N) is 1. The Bertz CT molecular complexity index is 477. The van der Waals surface area contributed by atoms with E-state index in [0.29, 0.717) is 19.1 Å². The van der Waals surface area contributed by atoms with Crippen molar-refractivity contribution in [2.45, 2.75) is 72.4 Å². The Morgan fingerprint density at radius 1 is 1.13 bits per heavy atom. The lowest BCUT2D eigenvalue weighted by Gasteiger charge is -2.40. The van der Waals surface area contributed by atoms with Gasteiger partial charge >= 0.3 is 0 Å². The van der Waals surface area contributed by atoms with Gasteiger partial charge in [0.25, 0.3) is 0 Å². The van der Waals surface area contributed by atoms with Gasteiger partial charge in [0.15, 0.2) is 0 Å². The van der Waals surface area contributed by atoms with E-state index in [1.165, 1.54) is 5.56 Å². The first-order valence-corrected chi connectivity index (χ1v) is 8.73. The molecule has 0 saturated carbocycles. The molecule has 2 atom stereocenters. The van der Waals surface area contributed by atoms with Crippen LogP contribution in [-0.4, -0.2) is 29.9 Å². The lowest BCUT2D eigenvalue weighted by molar-refractivity contribution is 0.0826. The Kier molecular flexibility index (Phi) is 7.09. The minimum atomic E-state index is -0.526. The zero-order chi connectivity index (χ0) is 17.7. The van der Waals surface area contributed by atoms with Gasteiger partial charge in [0.05, 0.1) is 0 Å². The van der Waals surface area contributed by atoms with Crippen LogP contribution in [0.15, 0.2) is 24.3 Å². The van der Waals surface area contributed by atoms with Gasteiger partial charge in [-0.15, -0.1) is 0 Å². The molecule has 1 rings (SSSR count). The fourth-order valence-corrected chi connectivity index (χ4v) is 2.12. The van der Waals surface area contributed by atoms with Crippen LogP contribution in [-0.2, 0) is 0 Å². The Morgan fingerprint density at radius 2 is 1.74 bits per heavy atom. The molecule has 0 radical (unpaired) electrons. The van der Waals surface area contributed by atoms with Crippen molar-refractivity contribution in [2.24, 2.45) is 5.41 Å². The highest BCUT2D eigenvalue weighted by atomic mass is 16.5. The molecule has 0 heterocycles. The molecular formula is C20H35NO2. The minimum absolute atomic E-state index is 0.0530. The number of benzene rings is 1. The number of ether oxygens (including phenoxy) is 1. The highest BCUT2D eigenvalue weighted by Crippen LogP contribution is 2.30. The lowest BCUT2D eigenvalue weighted by Crippen LogP contribution is -2.52. The van der Waals surface area contributed by atoms with E-state index >= 15 is 0 Å². The Morgan fingerprint density at radius 3 is 2.30 bits per heavy atom. The third-order valence-electron chi connectivity index (χ3n) is 5.15. The number of aliphatic hydroxyl groups excluding tert-OH is 1. The third kappa shape index (κ3) is 5.82. The molecule has 0 fully saturated rings. The number of rotatable bonds is 8. The molecule has 0 saturated heterocycles. The van der Waals surface area contributed by atoms with Crippen LogP contribution in [0, 0.1) is 5.41 Å². The molecule has 0 bridgehead atoms. The van der Waals surface area contributed by atoms with Gasteiger partial charge in [-0.3, -0.25) is 0 Å². The third-order valence-corrected chi connectivity index (χ3v) is 5.15. The molecule has 23 heavy (non-hydrogen) atoms. The second-order valence-corrected chi connectivity index (χ2v) is 8.07. The summed E-state index contributed by atoms with van der Waals surface area (Å²) in [5.41, 5.74) is 1.28. The average Bonchev–Trinajstić information content (AvgIpc) is 2.49. The van der Waals surface area contributed by atoms with E-state index in [9.17, 15) is 5.11 Å². The summed E-state index contributed by atoms with van der Waals surface area (Å²) in [6.07, 6.45) is 0.547. The molecule has 3 nitrogen and oxygen atoms in total. The standard InChI is InChI=1S/C20H35NO2/c1-8-15(2)17-11-9-10-12-18(17)23-14-16(22)13-21-20(6,7)19(3,4)5/h9-12,15-16,21-22H,8,13-14H2,1-7H3/t15-,16-/m1/s1. The number of hydrogen-bond acceptors (Lipinski definition) is 3. The molecule has 0 spiro atoms. The van der Waals surface area contributed by atoms with E-state index in [4.69, 9.17) is 4.74 Å². The number of para-hydroxylation sites is 1. The molecule has 1 aromatic carbocycles. The van der Waals surface area contributed by atoms with Crippen molar-refractivity contribution < 1.29 is 9.84 Å². The summed E-state index contributed by atoms with van der Waals surface area (Å²) < 4.78 is 5.88. The number of hydrogen-bond donors (Lipinski definition) is 2. The van der Waals surface area contributed by atoms with Crippen molar-refractivity contribution in [3.8, 4) is 5.75 Å². The summed E-state index contributed by atoms with van der Waals surface area (Å²) in [7, 11) is 0. The molecule has 0 aromatic heterocycles. The van der Waals surface area contributed by atoms with Gasteiger partial charge in [0.1, 0.15) is 18.5 Å². The molecule has 0 amide bonds. The monoisotopic (exact) mass is 321 g/mol. The first-order chi connectivity index (χ1) is 10.6. The highest BCUT2D eigenvalue weighted by Gasteiger charge is 2.32. The van der Waals surface area contributed by atoms with E-state index in [1.54, 1.807) is 0 Å². The molecule has 132 valence electrons. The second kappa shape index (κ2) is 8.16. The Hall–Kier alpha value is -1.06. The predicted octanol–water partition coefficient (Wildman–Crippen LogP) is 4.35. The topological polar surface area (TPSA) is 41.5 Å². The maximum absolute atomic E-state index is 10.2. The first-order valence-electron chi connectivity index (χ1n) is 8.73. The largest absolute Gasteiger partial charge is 0.491 e. The van der Waals surface area contributed by atoms with Gasteiger partial charge in [-0.1, -0.05) is 52.8 Å². The van der Waals surface area contributed by atoms with Gasteiger partial charge in [-0.2, -0.15) is 0 Å². The zero-order valence-corrected chi connectivity index (χ0v) is 15.9. The fourth-order valence-electron chi connectivity index (χ4n) is 2.12. The first kappa shape index (κ1) is 20.0. The molecule has 1 aromatic rings. The lowest BCUT2D eigenvalue weighted by atomic mass is 9.76. The van der Waals surface area contributed by atoms with Crippen LogP contribution in [0.1, 0.15) is 66.4 Å². The average molecular weight is 322 g/mol. The van der Waals surface area contributed by atoms with Crippen LogP contribution in [0.4, 0.5) is 0 Å². The summed E-state index contributed by atoms with van der Waals surface area (Å²) >= 11 is 0. The van der Waals surface area contributed by atoms with Crippen LogP contribution >= 0.6 is 0 Å². The molecule has 0 aliphatic rings. The van der Waals surface area contributed by atoms with E-state index in [2.05, 4.69) is 59.8 Å². The van der Waals surface area contributed by atoms with Gasteiger partial charge in [0, 0.05) is 12.1 Å². The molecule has 3 heteroatoms. The normalized spacial score (nSPS) is 15.3. The Labute approximate surface area is 142 Å². The van der Waals surface area contributed by atoms with Crippen molar-refractivity contribution in [3.05, 3.63) is 29.8 Å². The predicted molar refractivity (Wildman–Crippen MR) is 98.2 cm³/mol. The molecular weight excluding hydrogens is 286 g/mol. The number of nitrogens with one attached hydrogen (secondary N) is 1. The molecule has 0 aliphatic carbocycles. The van der Waals surface area contributed by atoms with E-state index in [-0.39, 0.29) is 11.0 Å². The van der Waals surface area contributed by atoms with Gasteiger partial charge in [-0.25, -0.2) is 0 Å². The van der Waals surface area contributed by atoms with Crippen molar-refractivity contribution in [1.82, 2.24) is 5.32 Å². The molecule has 0 aliphatic heterocycles. The highest BCUT2D eigenvalue weighted by molar-refractivity contribution is 5.35. The van der Waals surface area contributed by atoms with Crippen LogP contribution in [0.3, 0.4) is 0 Å². The van der Waals surface area contributed by atoms with E-state index in [1.807, 2.05) is 18.2 Å². The maximum atomic E-state index is 10.2. The maximum Gasteiger partial charge on any atom is 0.122 e. The van der Waals surface area contributed by atoms with Crippen LogP contribution < -0.4 is 10.1 Å². The fraction of sp³-hybridized carbons (Fsp3) is 0.700. The molecule has 0 unspecified atom stereocenters. The van der Waals surface area contributed by atoms with Gasteiger partial charge < -0.3 is 15.2 Å². The van der Waals surface area contributed by atoms with Crippen molar-refractivity contribution in [3.63, 3.8) is 0 Å². The molecule has 2 N–H and O–H groups in total. The van der Waals surface area contributed by atoms with Gasteiger partial charge in [-0.05, 0) is 43.2 Å². The van der Waals surface area contributed by atoms with Crippen molar-refractivity contribution in [1.29, 1.82) is 0 Å². The summed E-state index contributed by atoms with van der Waals surface area (Å²) in [4.78, 5) is 0. The van der Waals surface area contributed by atoms with E-state index in [0.717, 1.165) is 12.2 Å². The summed E-state index contributed by atoms with van der Waals surface area (Å²) in [6, 6.07) is 8.12. The SMILES string of the molecule is CC[C@@H](C)c1ccccc1OC[C@H](O)CNC(C)(C)C(C)(C)C. The number of aliphatic hydroxyl groups is 1. The Balaban J connectivity index is 2.56. The van der Waals surface area contributed by atoms with Crippen molar-refractivity contribution >= 4 is 0 Å². The van der Waals surface area contributed by atoms with E-state index < -0.39 is 6.10 Å². The zero-order valence-electron chi connectivity index (χ0n) is 15.9. The van der Waals surface area contributed by atoms with Gasteiger partial charge in [0.2, 0.25) is 0 Å². The van der Waals surface area contributed by atoms with Crippen LogP contribution in [0.25, 0.3) is 0 Å². The quantitative estimate of drug-likeness (QED) is 0.748. The minimum Gasteiger partial charge on any atom is -0.491 e. The van der Waals surface area contributed by atoms with Crippen LogP contribution in [0.5, 0.6) is 5.75 Å². The summed E-state index contributed by atoms with van der Waals surface area (Å²) in [6.45, 7) is 16.1. The second-order valence-electron chi connectivity index (χ2n) is 8.07. The van der Waals surface area contributed by atoms with Crippen LogP contribution in [0.2, 0.25) is 0 Å². The van der Waals surface area contributed by atoms with Crippen molar-refractivity contribution in [2.75, 3.05) is 13.2 Å². The summed E-state index contributed by atoms with van der Waals surface area (Å²) in [5, 5.41) is 13.7. The smallest absolute Gasteiger partial charge is 0.122 e.